The van der Waals surface area contributed by atoms with E-state index in [-0.39, 0.29) is 0 Å². The third-order valence-electron chi connectivity index (χ3n) is 3.64. The van der Waals surface area contributed by atoms with Gasteiger partial charge in [-0.1, -0.05) is 5.21 Å². The molecule has 24 heavy (non-hydrogen) atoms. The van der Waals surface area contributed by atoms with Crippen LogP contribution in [0.2, 0.25) is 0 Å². The molecule has 0 atom stereocenters. The molecule has 0 radical (unpaired) electrons. The van der Waals surface area contributed by atoms with Crippen molar-refractivity contribution in [2.24, 2.45) is 7.05 Å². The van der Waals surface area contributed by atoms with Crippen molar-refractivity contribution in [1.29, 1.82) is 5.41 Å². The van der Waals surface area contributed by atoms with Gasteiger partial charge < -0.3 is 11.1 Å². The molecule has 0 saturated heterocycles. The summed E-state index contributed by atoms with van der Waals surface area (Å²) in [5.74, 6) is 0. The van der Waals surface area contributed by atoms with Crippen molar-refractivity contribution in [3.05, 3.63) is 40.3 Å². The number of rotatable bonds is 4. The molecular weight excluding hydrogens is 324 g/mol. The number of nitrogens with zero attached hydrogens (tertiary/aromatic N) is 6. The maximum absolute atomic E-state index is 7.35. The molecule has 0 spiro atoms. The molecule has 4 heterocycles. The van der Waals surface area contributed by atoms with Crippen LogP contribution in [0.5, 0.6) is 0 Å². The summed E-state index contributed by atoms with van der Waals surface area (Å²) in [7, 11) is 1.87. The van der Waals surface area contributed by atoms with Crippen LogP contribution in [0.15, 0.2) is 30.6 Å². The largest absolute Gasteiger partial charge is 0.398 e. The van der Waals surface area contributed by atoms with Gasteiger partial charge in [0.05, 0.1) is 29.0 Å². The first-order valence-corrected chi connectivity index (χ1v) is 8.03. The molecule has 0 fully saturated rings. The number of aromatic nitrogens is 6. The lowest BCUT2D eigenvalue weighted by Crippen LogP contribution is -2.01. The van der Waals surface area contributed by atoms with Crippen molar-refractivity contribution in [1.82, 2.24) is 29.8 Å². The number of hydrogen-bond acceptors (Lipinski definition) is 7. The number of aryl methyl sites for hydroxylation is 1. The molecule has 4 rings (SSSR count). The molecule has 0 unspecified atom stereocenters. The van der Waals surface area contributed by atoms with Gasteiger partial charge in [-0.15, -0.1) is 16.4 Å². The topological polar surface area (TPSA) is 111 Å². The number of thiophene rings is 1. The van der Waals surface area contributed by atoms with Crippen LogP contribution in [0.3, 0.4) is 0 Å². The lowest BCUT2D eigenvalue weighted by molar-refractivity contribution is 0.671. The third kappa shape index (κ3) is 2.44. The van der Waals surface area contributed by atoms with Gasteiger partial charge in [-0.25, -0.2) is 9.67 Å². The van der Waals surface area contributed by atoms with Crippen molar-refractivity contribution in [2.75, 3.05) is 5.73 Å². The summed E-state index contributed by atoms with van der Waals surface area (Å²) < 4.78 is 3.48. The van der Waals surface area contributed by atoms with Gasteiger partial charge in [0.2, 0.25) is 0 Å². The Morgan fingerprint density at radius 1 is 1.38 bits per heavy atom. The Hall–Kier alpha value is -3.07. The van der Waals surface area contributed by atoms with Crippen LogP contribution in [0.1, 0.15) is 9.75 Å². The summed E-state index contributed by atoms with van der Waals surface area (Å²) >= 11 is 1.47. The molecule has 4 aromatic rings. The fraction of sp³-hybridized carbons (Fsp3) is 0.133. The normalized spacial score (nSPS) is 11.2. The summed E-state index contributed by atoms with van der Waals surface area (Å²) in [6, 6.07) is 5.68. The molecule has 0 aromatic carbocycles. The number of pyridine rings is 1. The fourth-order valence-electron chi connectivity index (χ4n) is 2.49. The van der Waals surface area contributed by atoms with Crippen LogP contribution in [-0.4, -0.2) is 36.0 Å². The van der Waals surface area contributed by atoms with Gasteiger partial charge in [-0.05, 0) is 18.2 Å². The average molecular weight is 338 g/mol. The van der Waals surface area contributed by atoms with E-state index in [2.05, 4.69) is 20.4 Å². The monoisotopic (exact) mass is 338 g/mol. The highest BCUT2D eigenvalue weighted by molar-refractivity contribution is 7.14. The van der Waals surface area contributed by atoms with Crippen LogP contribution in [0.25, 0.3) is 22.4 Å². The maximum atomic E-state index is 7.35. The molecule has 0 amide bonds. The predicted octanol–water partition coefficient (Wildman–Crippen LogP) is 1.92. The molecule has 0 aliphatic rings. The summed E-state index contributed by atoms with van der Waals surface area (Å²) in [5.41, 5.74) is 9.71. The third-order valence-corrected chi connectivity index (χ3v) is 4.72. The Morgan fingerprint density at radius 2 is 2.25 bits per heavy atom. The van der Waals surface area contributed by atoms with E-state index in [0.717, 1.165) is 26.5 Å². The zero-order chi connectivity index (χ0) is 16.7. The van der Waals surface area contributed by atoms with Crippen molar-refractivity contribution < 1.29 is 0 Å². The molecule has 3 N–H and O–H groups in total. The number of nitrogen functional groups attached to an aromatic ring is 1. The molecule has 0 aliphatic heterocycles. The first-order valence-electron chi connectivity index (χ1n) is 7.22. The predicted molar refractivity (Wildman–Crippen MR) is 93.2 cm³/mol. The smallest absolute Gasteiger partial charge is 0.179 e. The van der Waals surface area contributed by atoms with E-state index in [4.69, 9.17) is 11.1 Å². The zero-order valence-corrected chi connectivity index (χ0v) is 13.7. The average Bonchev–Trinajstić information content (AvgIpc) is 3.27. The van der Waals surface area contributed by atoms with Gasteiger partial charge in [-0.2, -0.15) is 5.10 Å². The molecule has 0 bridgehead atoms. The quantitative estimate of drug-likeness (QED) is 0.552. The summed E-state index contributed by atoms with van der Waals surface area (Å²) in [6.07, 6.45) is 4.96. The second kappa shape index (κ2) is 5.53. The van der Waals surface area contributed by atoms with E-state index in [1.807, 2.05) is 31.4 Å². The highest BCUT2D eigenvalue weighted by Gasteiger charge is 2.12. The minimum absolute atomic E-state index is 0.517. The lowest BCUT2D eigenvalue weighted by atomic mass is 10.2. The fourth-order valence-corrected chi connectivity index (χ4v) is 3.38. The van der Waals surface area contributed by atoms with Gasteiger partial charge in [-0.3, -0.25) is 4.68 Å². The second-order valence-corrected chi connectivity index (χ2v) is 6.53. The highest BCUT2D eigenvalue weighted by atomic mass is 32.1. The van der Waals surface area contributed by atoms with Crippen molar-refractivity contribution in [3.8, 4) is 11.3 Å². The molecule has 0 saturated carbocycles. The van der Waals surface area contributed by atoms with E-state index >= 15 is 0 Å². The van der Waals surface area contributed by atoms with E-state index in [9.17, 15) is 0 Å². The minimum Gasteiger partial charge on any atom is -0.398 e. The van der Waals surface area contributed by atoms with Crippen LogP contribution in [0, 0.1) is 5.41 Å². The Labute approximate surface area is 141 Å². The first kappa shape index (κ1) is 14.5. The molecular formula is C15H14N8S. The molecule has 9 heteroatoms. The SMILES string of the molecule is Cn1cc(-c2ccc3nnn(Cc4cc(N)c(C=N)s4)c3n2)cn1. The number of anilines is 1. The standard InChI is InChI=1S/C15H14N8S/c1-22-7-9(6-18-22)12-2-3-13-15(19-12)23(21-20-13)8-10-4-11(17)14(5-16)24-10/h2-7,16H,8,17H2,1H3. The Balaban J connectivity index is 1.74. The van der Waals surface area contributed by atoms with Crippen molar-refractivity contribution >= 4 is 34.4 Å². The molecule has 4 aromatic heterocycles. The van der Waals surface area contributed by atoms with Crippen LogP contribution >= 0.6 is 11.3 Å². The Kier molecular flexibility index (Phi) is 3.35. The van der Waals surface area contributed by atoms with Crippen LogP contribution < -0.4 is 5.73 Å². The lowest BCUT2D eigenvalue weighted by Gasteiger charge is -2.01. The van der Waals surface area contributed by atoms with E-state index in [1.165, 1.54) is 17.6 Å². The van der Waals surface area contributed by atoms with Gasteiger partial charge in [0.1, 0.15) is 5.52 Å². The van der Waals surface area contributed by atoms with Gasteiger partial charge in [0, 0.05) is 29.9 Å². The van der Waals surface area contributed by atoms with Gasteiger partial charge in [0.25, 0.3) is 0 Å². The van der Waals surface area contributed by atoms with Crippen molar-refractivity contribution in [3.63, 3.8) is 0 Å². The number of nitrogens with one attached hydrogen (secondary N) is 1. The van der Waals surface area contributed by atoms with E-state index < -0.39 is 0 Å². The summed E-state index contributed by atoms with van der Waals surface area (Å²) in [5, 5.41) is 19.9. The number of fused-ring (bicyclic) bond motifs is 1. The number of hydrogen-bond donors (Lipinski definition) is 2. The zero-order valence-electron chi connectivity index (χ0n) is 12.8. The van der Waals surface area contributed by atoms with E-state index in [1.54, 1.807) is 15.6 Å². The minimum atomic E-state index is 0.517. The highest BCUT2D eigenvalue weighted by Crippen LogP contribution is 2.25. The molecule has 8 nitrogen and oxygen atoms in total. The summed E-state index contributed by atoms with van der Waals surface area (Å²) in [4.78, 5) is 6.43. The maximum Gasteiger partial charge on any atom is 0.179 e. The van der Waals surface area contributed by atoms with Gasteiger partial charge in [0.15, 0.2) is 5.65 Å². The van der Waals surface area contributed by atoms with Crippen LogP contribution in [-0.2, 0) is 13.6 Å². The van der Waals surface area contributed by atoms with Crippen LogP contribution in [0.4, 0.5) is 5.69 Å². The first-order chi connectivity index (χ1) is 11.6. The van der Waals surface area contributed by atoms with E-state index in [0.29, 0.717) is 17.9 Å². The van der Waals surface area contributed by atoms with Gasteiger partial charge >= 0.3 is 0 Å². The summed E-state index contributed by atoms with van der Waals surface area (Å²) in [6.45, 7) is 0.517. The molecule has 0 aliphatic carbocycles. The number of nitrogens with two attached hydrogens (primary N) is 1. The Bertz CT molecular complexity index is 1040. The Morgan fingerprint density at radius 3 is 2.96 bits per heavy atom. The molecule has 120 valence electrons. The van der Waals surface area contributed by atoms with Crippen molar-refractivity contribution in [2.45, 2.75) is 6.54 Å². The second-order valence-electron chi connectivity index (χ2n) is 5.37.